The third kappa shape index (κ3) is 5.22. The molecule has 3 fully saturated rings. The van der Waals surface area contributed by atoms with E-state index in [-0.39, 0.29) is 11.3 Å². The van der Waals surface area contributed by atoms with Crippen molar-refractivity contribution in [1.29, 1.82) is 0 Å². The van der Waals surface area contributed by atoms with Crippen LogP contribution in [0.5, 0.6) is 0 Å². The fraction of sp³-hybridized carbons (Fsp3) is 0.708. The van der Waals surface area contributed by atoms with Crippen LogP contribution in [-0.2, 0) is 11.3 Å². The molecule has 31 heavy (non-hydrogen) atoms. The summed E-state index contributed by atoms with van der Waals surface area (Å²) in [5.74, 6) is 2.14. The van der Waals surface area contributed by atoms with Crippen molar-refractivity contribution in [3.63, 3.8) is 0 Å². The van der Waals surface area contributed by atoms with Gasteiger partial charge in [0.15, 0.2) is 6.35 Å². The molecule has 5 atom stereocenters. The first-order chi connectivity index (χ1) is 14.9. The van der Waals surface area contributed by atoms with E-state index in [0.29, 0.717) is 29.1 Å². The van der Waals surface area contributed by atoms with Gasteiger partial charge in [-0.05, 0) is 74.0 Å². The molecule has 2 saturated carbocycles. The van der Waals surface area contributed by atoms with Crippen molar-refractivity contribution >= 4 is 29.1 Å². The third-order valence-electron chi connectivity index (χ3n) is 7.91. The van der Waals surface area contributed by atoms with Gasteiger partial charge in [0, 0.05) is 41.6 Å². The van der Waals surface area contributed by atoms with E-state index < -0.39 is 6.35 Å². The normalized spacial score (nSPS) is 31.7. The molecule has 1 aliphatic heterocycles. The summed E-state index contributed by atoms with van der Waals surface area (Å²) >= 11 is 12.2. The highest BCUT2D eigenvalue weighted by Gasteiger charge is 2.53. The Morgan fingerprint density at radius 1 is 1.32 bits per heavy atom. The van der Waals surface area contributed by atoms with Gasteiger partial charge in [0.1, 0.15) is 0 Å². The van der Waals surface area contributed by atoms with Crippen molar-refractivity contribution in [3.05, 3.63) is 33.8 Å². The number of aliphatic hydroxyl groups excluding tert-OH is 1. The Morgan fingerprint density at radius 3 is 2.90 bits per heavy atom. The molecular formula is C24H35Cl2N3O2. The predicted molar refractivity (Wildman–Crippen MR) is 125 cm³/mol. The van der Waals surface area contributed by atoms with Crippen LogP contribution in [0.15, 0.2) is 18.2 Å². The molecule has 1 saturated heterocycles. The van der Waals surface area contributed by atoms with Gasteiger partial charge in [-0.3, -0.25) is 15.0 Å². The van der Waals surface area contributed by atoms with Crippen LogP contribution in [0.3, 0.4) is 0 Å². The van der Waals surface area contributed by atoms with Gasteiger partial charge < -0.3 is 10.4 Å². The van der Waals surface area contributed by atoms with Crippen LogP contribution in [0.2, 0.25) is 10.0 Å². The number of hydrogen-bond donors (Lipinski definition) is 3. The van der Waals surface area contributed by atoms with Crippen molar-refractivity contribution < 1.29 is 9.90 Å². The van der Waals surface area contributed by atoms with E-state index in [4.69, 9.17) is 23.2 Å². The van der Waals surface area contributed by atoms with E-state index in [1.807, 2.05) is 6.07 Å². The van der Waals surface area contributed by atoms with Crippen LogP contribution in [0.4, 0.5) is 0 Å². The lowest BCUT2D eigenvalue weighted by Gasteiger charge is -2.36. The topological polar surface area (TPSA) is 64.6 Å². The number of benzene rings is 1. The maximum absolute atomic E-state index is 13.1. The lowest BCUT2D eigenvalue weighted by Crippen LogP contribution is -2.51. The standard InChI is InChI=1S/C24H35Cl2N3O2/c1-2-17-11-24(8-7-18(17)12-24)22(30)27-13-16-4-3-9-29(15-16)23(31)28-14-19-5-6-20(25)10-21(19)26/h5-6,10,16-18,23,28,31H,2-4,7-9,11-15H2,1H3,(H,27,30). The molecular weight excluding hydrogens is 433 g/mol. The summed E-state index contributed by atoms with van der Waals surface area (Å²) in [7, 11) is 0. The molecule has 5 nitrogen and oxygen atoms in total. The molecule has 172 valence electrons. The number of rotatable bonds is 8. The zero-order valence-electron chi connectivity index (χ0n) is 18.4. The number of likely N-dealkylation sites (tertiary alicyclic amines) is 1. The molecule has 2 bridgehead atoms. The quantitative estimate of drug-likeness (QED) is 0.495. The zero-order valence-corrected chi connectivity index (χ0v) is 19.9. The smallest absolute Gasteiger partial charge is 0.226 e. The molecule has 7 heteroatoms. The van der Waals surface area contributed by atoms with Crippen molar-refractivity contribution in [2.75, 3.05) is 19.6 Å². The number of nitrogens with one attached hydrogen (secondary N) is 2. The molecule has 1 heterocycles. The number of nitrogens with zero attached hydrogens (tertiary/aromatic N) is 1. The summed E-state index contributed by atoms with van der Waals surface area (Å²) in [5, 5.41) is 18.3. The molecule has 3 aliphatic rings. The first kappa shape index (κ1) is 23.3. The lowest BCUT2D eigenvalue weighted by molar-refractivity contribution is -0.131. The highest BCUT2D eigenvalue weighted by atomic mass is 35.5. The third-order valence-corrected chi connectivity index (χ3v) is 8.50. The minimum Gasteiger partial charge on any atom is -0.365 e. The highest BCUT2D eigenvalue weighted by molar-refractivity contribution is 6.35. The van der Waals surface area contributed by atoms with Crippen LogP contribution >= 0.6 is 23.2 Å². The van der Waals surface area contributed by atoms with E-state index in [0.717, 1.165) is 62.6 Å². The Balaban J connectivity index is 1.24. The van der Waals surface area contributed by atoms with Crippen LogP contribution in [0.25, 0.3) is 0 Å². The number of piperidine rings is 1. The summed E-state index contributed by atoms with van der Waals surface area (Å²) < 4.78 is 0. The minimum atomic E-state index is -0.737. The molecule has 1 aromatic carbocycles. The summed E-state index contributed by atoms with van der Waals surface area (Å²) in [6, 6.07) is 5.39. The summed E-state index contributed by atoms with van der Waals surface area (Å²) in [4.78, 5) is 15.1. The van der Waals surface area contributed by atoms with E-state index in [9.17, 15) is 9.90 Å². The molecule has 0 spiro atoms. The molecule has 1 amide bonds. The van der Waals surface area contributed by atoms with Gasteiger partial charge in [-0.2, -0.15) is 0 Å². The molecule has 5 unspecified atom stereocenters. The van der Waals surface area contributed by atoms with Crippen LogP contribution in [-0.4, -0.2) is 41.9 Å². The number of carbonyl (C=O) groups excluding carboxylic acids is 1. The van der Waals surface area contributed by atoms with E-state index in [1.165, 1.54) is 12.8 Å². The first-order valence-corrected chi connectivity index (χ1v) is 12.5. The van der Waals surface area contributed by atoms with Crippen molar-refractivity contribution in [2.45, 2.75) is 64.8 Å². The van der Waals surface area contributed by atoms with Gasteiger partial charge in [0.2, 0.25) is 5.91 Å². The van der Waals surface area contributed by atoms with E-state index >= 15 is 0 Å². The maximum Gasteiger partial charge on any atom is 0.226 e. The largest absolute Gasteiger partial charge is 0.365 e. The van der Waals surface area contributed by atoms with Gasteiger partial charge in [-0.15, -0.1) is 0 Å². The van der Waals surface area contributed by atoms with Gasteiger partial charge >= 0.3 is 0 Å². The van der Waals surface area contributed by atoms with Crippen molar-refractivity contribution in [1.82, 2.24) is 15.5 Å². The Kier molecular flexibility index (Phi) is 7.49. The Hall–Kier alpha value is -0.850. The monoisotopic (exact) mass is 467 g/mol. The SMILES string of the molecule is CCC1CC2(C(=O)NCC3CCCN(C(O)NCc4ccc(Cl)cc4Cl)C3)CCC1C2. The Bertz CT molecular complexity index is 792. The molecule has 3 N–H and O–H groups in total. The predicted octanol–water partition coefficient (Wildman–Crippen LogP) is 4.40. The molecule has 2 aliphatic carbocycles. The zero-order chi connectivity index (χ0) is 22.0. The molecule has 4 rings (SSSR count). The van der Waals surface area contributed by atoms with Crippen LogP contribution in [0.1, 0.15) is 57.4 Å². The van der Waals surface area contributed by atoms with Crippen LogP contribution in [0, 0.1) is 23.2 Å². The number of aliphatic hydroxyl groups is 1. The van der Waals surface area contributed by atoms with E-state index in [2.05, 4.69) is 22.5 Å². The molecule has 1 aromatic rings. The van der Waals surface area contributed by atoms with Crippen molar-refractivity contribution in [3.8, 4) is 0 Å². The Labute approximate surface area is 195 Å². The molecule has 0 aromatic heterocycles. The van der Waals surface area contributed by atoms with Gasteiger partial charge in [-0.25, -0.2) is 0 Å². The van der Waals surface area contributed by atoms with Gasteiger partial charge in [-0.1, -0.05) is 42.6 Å². The first-order valence-electron chi connectivity index (χ1n) is 11.8. The summed E-state index contributed by atoms with van der Waals surface area (Å²) in [5.41, 5.74) is 0.806. The number of amides is 1. The lowest BCUT2D eigenvalue weighted by atomic mass is 9.78. The highest BCUT2D eigenvalue weighted by Crippen LogP contribution is 2.58. The van der Waals surface area contributed by atoms with E-state index in [1.54, 1.807) is 12.1 Å². The fourth-order valence-electron chi connectivity index (χ4n) is 6.11. The minimum absolute atomic E-state index is 0.0986. The summed E-state index contributed by atoms with van der Waals surface area (Å²) in [6.07, 6.45) is 7.01. The average molecular weight is 468 g/mol. The average Bonchev–Trinajstić information content (AvgIpc) is 3.37. The summed E-state index contributed by atoms with van der Waals surface area (Å²) in [6.45, 7) is 5.05. The van der Waals surface area contributed by atoms with Gasteiger partial charge in [0.25, 0.3) is 0 Å². The van der Waals surface area contributed by atoms with Crippen LogP contribution < -0.4 is 10.6 Å². The Morgan fingerprint density at radius 2 is 2.16 bits per heavy atom. The second-order valence-corrected chi connectivity index (χ2v) is 10.7. The number of carbonyl (C=O) groups is 1. The number of halogens is 2. The molecule has 0 radical (unpaired) electrons. The van der Waals surface area contributed by atoms with Crippen molar-refractivity contribution in [2.24, 2.45) is 23.2 Å². The fourth-order valence-corrected chi connectivity index (χ4v) is 6.58. The maximum atomic E-state index is 13.1. The number of hydrogen-bond acceptors (Lipinski definition) is 4. The number of fused-ring (bicyclic) bond motifs is 2. The van der Waals surface area contributed by atoms with Gasteiger partial charge in [0.05, 0.1) is 0 Å². The second kappa shape index (κ2) is 9.96. The second-order valence-electron chi connectivity index (χ2n) is 9.86.